The third-order valence-corrected chi connectivity index (χ3v) is 3.26. The van der Waals surface area contributed by atoms with E-state index < -0.39 is 0 Å². The molecule has 3 heteroatoms. The molecular weight excluding hydrogens is 227 g/mol. The molecule has 0 aliphatic rings. The molecule has 0 heterocycles. The van der Waals surface area contributed by atoms with Gasteiger partial charge in [0.05, 0.1) is 17.3 Å². The molecule has 1 rings (SSSR count). The second-order valence-electron chi connectivity index (χ2n) is 4.58. The third-order valence-electron chi connectivity index (χ3n) is 3.26. The highest BCUT2D eigenvalue weighted by molar-refractivity contribution is 5.51. The number of hydrogen-bond acceptors (Lipinski definition) is 2. The third kappa shape index (κ3) is 3.46. The van der Waals surface area contributed by atoms with Crippen molar-refractivity contribution >= 4 is 5.69 Å². The Labute approximate surface area is 109 Å². The van der Waals surface area contributed by atoms with Crippen LogP contribution in [0.4, 0.5) is 10.1 Å². The Bertz CT molecular complexity index is 423. The molecule has 0 aromatic heterocycles. The summed E-state index contributed by atoms with van der Waals surface area (Å²) in [6.07, 6.45) is 3.11. The number of halogens is 1. The maximum absolute atomic E-state index is 14.0. The van der Waals surface area contributed by atoms with E-state index in [1.807, 2.05) is 6.07 Å². The van der Waals surface area contributed by atoms with Gasteiger partial charge in [0.2, 0.25) is 0 Å². The Morgan fingerprint density at radius 2 is 2.11 bits per heavy atom. The molecule has 1 aromatic carbocycles. The highest BCUT2D eigenvalue weighted by Gasteiger charge is 2.16. The molecule has 0 aliphatic carbocycles. The first kappa shape index (κ1) is 14.5. The number of nitriles is 1. The molecule has 1 atom stereocenters. The molecule has 0 bridgehead atoms. The van der Waals surface area contributed by atoms with Crippen LogP contribution in [0.2, 0.25) is 0 Å². The van der Waals surface area contributed by atoms with Crippen molar-refractivity contribution in [3.05, 3.63) is 29.6 Å². The van der Waals surface area contributed by atoms with Crippen molar-refractivity contribution < 1.29 is 4.39 Å². The van der Waals surface area contributed by atoms with Crippen LogP contribution in [-0.2, 0) is 0 Å². The second-order valence-corrected chi connectivity index (χ2v) is 4.58. The smallest absolute Gasteiger partial charge is 0.147 e. The summed E-state index contributed by atoms with van der Waals surface area (Å²) in [5.74, 6) is -0.301. The standard InChI is InChI=1S/C15H21FN2/c1-4-6-9-18(12(3)5-2)15-8-7-13(11-17)10-14(15)16/h7-8,10,12H,4-6,9H2,1-3H3. The largest absolute Gasteiger partial charge is 0.366 e. The van der Waals surface area contributed by atoms with Crippen LogP contribution in [0, 0.1) is 17.1 Å². The molecule has 1 aromatic rings. The van der Waals surface area contributed by atoms with E-state index >= 15 is 0 Å². The molecule has 1 unspecified atom stereocenters. The summed E-state index contributed by atoms with van der Waals surface area (Å²) in [6.45, 7) is 7.19. The minimum atomic E-state index is -0.301. The first-order valence-corrected chi connectivity index (χ1v) is 6.60. The number of anilines is 1. The fraction of sp³-hybridized carbons (Fsp3) is 0.533. The molecule has 2 nitrogen and oxygen atoms in total. The lowest BCUT2D eigenvalue weighted by atomic mass is 10.1. The van der Waals surface area contributed by atoms with E-state index in [1.165, 1.54) is 6.07 Å². The van der Waals surface area contributed by atoms with E-state index in [-0.39, 0.29) is 5.82 Å². The number of hydrogen-bond donors (Lipinski definition) is 0. The van der Waals surface area contributed by atoms with Gasteiger partial charge in [-0.15, -0.1) is 0 Å². The quantitative estimate of drug-likeness (QED) is 0.757. The Morgan fingerprint density at radius 3 is 2.61 bits per heavy atom. The van der Waals surface area contributed by atoms with Gasteiger partial charge in [0.15, 0.2) is 0 Å². The number of rotatable bonds is 6. The molecule has 0 fully saturated rings. The monoisotopic (exact) mass is 248 g/mol. The minimum absolute atomic E-state index is 0.301. The van der Waals surface area contributed by atoms with Gasteiger partial charge in [-0.25, -0.2) is 4.39 Å². The van der Waals surface area contributed by atoms with E-state index in [4.69, 9.17) is 5.26 Å². The highest BCUT2D eigenvalue weighted by Crippen LogP contribution is 2.24. The lowest BCUT2D eigenvalue weighted by Crippen LogP contribution is -2.34. The van der Waals surface area contributed by atoms with Gasteiger partial charge < -0.3 is 4.90 Å². The van der Waals surface area contributed by atoms with E-state index in [1.54, 1.807) is 12.1 Å². The first-order valence-electron chi connectivity index (χ1n) is 6.60. The summed E-state index contributed by atoms with van der Waals surface area (Å²) < 4.78 is 14.0. The van der Waals surface area contributed by atoms with Crippen LogP contribution in [0.3, 0.4) is 0 Å². The molecule has 0 aliphatic heterocycles. The van der Waals surface area contributed by atoms with Crippen molar-refractivity contribution in [1.82, 2.24) is 0 Å². The van der Waals surface area contributed by atoms with Gasteiger partial charge in [-0.1, -0.05) is 20.3 Å². The summed E-state index contributed by atoms with van der Waals surface area (Å²) in [5, 5.41) is 8.76. The van der Waals surface area contributed by atoms with Crippen LogP contribution < -0.4 is 4.90 Å². The summed E-state index contributed by atoms with van der Waals surface area (Å²) in [4.78, 5) is 2.10. The highest BCUT2D eigenvalue weighted by atomic mass is 19.1. The molecule has 0 saturated carbocycles. The molecule has 0 N–H and O–H groups in total. The minimum Gasteiger partial charge on any atom is -0.366 e. The van der Waals surface area contributed by atoms with E-state index in [2.05, 4.69) is 25.7 Å². The first-order chi connectivity index (χ1) is 8.63. The molecule has 98 valence electrons. The van der Waals surface area contributed by atoms with Crippen molar-refractivity contribution in [3.63, 3.8) is 0 Å². The van der Waals surface area contributed by atoms with Crippen molar-refractivity contribution in [3.8, 4) is 6.07 Å². The summed E-state index contributed by atoms with van der Waals surface area (Å²) in [6, 6.07) is 6.98. The fourth-order valence-corrected chi connectivity index (χ4v) is 1.94. The Kier molecular flexibility index (Phi) is 5.64. The summed E-state index contributed by atoms with van der Waals surface area (Å²) >= 11 is 0. The molecule has 0 radical (unpaired) electrons. The fourth-order valence-electron chi connectivity index (χ4n) is 1.94. The van der Waals surface area contributed by atoms with Crippen LogP contribution in [-0.4, -0.2) is 12.6 Å². The van der Waals surface area contributed by atoms with Gasteiger partial charge in [-0.2, -0.15) is 5.26 Å². The number of benzene rings is 1. The average molecular weight is 248 g/mol. The summed E-state index contributed by atoms with van der Waals surface area (Å²) in [7, 11) is 0. The number of unbranched alkanes of at least 4 members (excludes halogenated alkanes) is 1. The van der Waals surface area contributed by atoms with Crippen LogP contribution in [0.25, 0.3) is 0 Å². The van der Waals surface area contributed by atoms with Crippen LogP contribution in [0.1, 0.15) is 45.6 Å². The van der Waals surface area contributed by atoms with E-state index in [0.29, 0.717) is 17.3 Å². The predicted octanol–water partition coefficient (Wildman–Crippen LogP) is 4.10. The van der Waals surface area contributed by atoms with Gasteiger partial charge >= 0.3 is 0 Å². The molecule has 0 saturated heterocycles. The predicted molar refractivity (Wildman–Crippen MR) is 73.1 cm³/mol. The Balaban J connectivity index is 3.01. The number of nitrogens with zero attached hydrogens (tertiary/aromatic N) is 2. The van der Waals surface area contributed by atoms with E-state index in [0.717, 1.165) is 25.8 Å². The van der Waals surface area contributed by atoms with Gasteiger partial charge in [-0.3, -0.25) is 0 Å². The zero-order valence-electron chi connectivity index (χ0n) is 11.4. The Hall–Kier alpha value is -1.56. The molecular formula is C15H21FN2. The van der Waals surface area contributed by atoms with Gasteiger partial charge in [-0.05, 0) is 38.0 Å². The maximum Gasteiger partial charge on any atom is 0.147 e. The maximum atomic E-state index is 14.0. The zero-order valence-corrected chi connectivity index (χ0v) is 11.4. The topological polar surface area (TPSA) is 27.0 Å². The van der Waals surface area contributed by atoms with Crippen molar-refractivity contribution in [2.45, 2.75) is 46.1 Å². The second kappa shape index (κ2) is 7.00. The van der Waals surface area contributed by atoms with Crippen LogP contribution in [0.5, 0.6) is 0 Å². The summed E-state index contributed by atoms with van der Waals surface area (Å²) in [5.41, 5.74) is 0.979. The van der Waals surface area contributed by atoms with Gasteiger partial charge in [0.25, 0.3) is 0 Å². The van der Waals surface area contributed by atoms with Gasteiger partial charge in [0.1, 0.15) is 5.82 Å². The SMILES string of the molecule is CCCCN(c1ccc(C#N)cc1F)C(C)CC. The Morgan fingerprint density at radius 1 is 1.39 bits per heavy atom. The van der Waals surface area contributed by atoms with Crippen LogP contribution >= 0.6 is 0 Å². The lowest BCUT2D eigenvalue weighted by molar-refractivity contribution is 0.564. The molecule has 0 amide bonds. The van der Waals surface area contributed by atoms with Crippen molar-refractivity contribution in [2.24, 2.45) is 0 Å². The zero-order chi connectivity index (χ0) is 13.5. The lowest BCUT2D eigenvalue weighted by Gasteiger charge is -2.31. The normalized spacial score (nSPS) is 11.9. The van der Waals surface area contributed by atoms with E-state index in [9.17, 15) is 4.39 Å². The van der Waals surface area contributed by atoms with Crippen LogP contribution in [0.15, 0.2) is 18.2 Å². The van der Waals surface area contributed by atoms with Crippen molar-refractivity contribution in [1.29, 1.82) is 5.26 Å². The average Bonchev–Trinajstić information content (AvgIpc) is 2.39. The van der Waals surface area contributed by atoms with Gasteiger partial charge in [0, 0.05) is 12.6 Å². The molecule has 18 heavy (non-hydrogen) atoms. The van der Waals surface area contributed by atoms with Crippen molar-refractivity contribution in [2.75, 3.05) is 11.4 Å². The molecule has 0 spiro atoms.